The van der Waals surface area contributed by atoms with Crippen molar-refractivity contribution in [2.45, 2.75) is 24.8 Å². The van der Waals surface area contributed by atoms with Crippen LogP contribution in [0.2, 0.25) is 0 Å². The highest BCUT2D eigenvalue weighted by molar-refractivity contribution is 7.89. The number of nitrogens with zero attached hydrogens (tertiary/aromatic N) is 1. The predicted molar refractivity (Wildman–Crippen MR) is 103 cm³/mol. The van der Waals surface area contributed by atoms with Crippen molar-refractivity contribution in [1.29, 1.82) is 0 Å². The Morgan fingerprint density at radius 3 is 2.23 bits per heavy atom. The maximum Gasteiger partial charge on any atom is 0.319 e. The van der Waals surface area contributed by atoms with Crippen LogP contribution >= 0.6 is 0 Å². The highest BCUT2D eigenvalue weighted by atomic mass is 32.2. The van der Waals surface area contributed by atoms with Crippen molar-refractivity contribution < 1.29 is 13.2 Å². The molecule has 140 valence electrons. The van der Waals surface area contributed by atoms with Crippen molar-refractivity contribution in [2.75, 3.05) is 19.4 Å². The van der Waals surface area contributed by atoms with Crippen LogP contribution in [0.3, 0.4) is 0 Å². The standard InChI is InChI=1S/C19H25N3O3S/c1-14(2)18(15-9-6-5-7-10-15)21-19(23)20-16-11-8-12-17(13-16)26(24,25)22(3)4/h5-14,18H,1-4H3,(H2,20,21,23). The SMILES string of the molecule is CC(C)C(NC(=O)Nc1cccc(S(=O)(=O)N(C)C)c1)c1ccccc1. The summed E-state index contributed by atoms with van der Waals surface area (Å²) in [6, 6.07) is 15.4. The molecule has 0 aliphatic carbocycles. The van der Waals surface area contributed by atoms with Crippen LogP contribution in [0.25, 0.3) is 0 Å². The van der Waals surface area contributed by atoms with Gasteiger partial charge in [-0.15, -0.1) is 0 Å². The Morgan fingerprint density at radius 2 is 1.65 bits per heavy atom. The van der Waals surface area contributed by atoms with Gasteiger partial charge in [0.15, 0.2) is 0 Å². The van der Waals surface area contributed by atoms with E-state index in [0.29, 0.717) is 5.69 Å². The maximum atomic E-state index is 12.4. The first-order valence-corrected chi connectivity index (χ1v) is 9.81. The van der Waals surface area contributed by atoms with E-state index in [1.165, 1.54) is 26.2 Å². The fourth-order valence-corrected chi connectivity index (χ4v) is 3.50. The number of sulfonamides is 1. The summed E-state index contributed by atoms with van der Waals surface area (Å²) in [4.78, 5) is 12.5. The van der Waals surface area contributed by atoms with Crippen molar-refractivity contribution in [3.05, 3.63) is 60.2 Å². The van der Waals surface area contributed by atoms with Gasteiger partial charge in [0.05, 0.1) is 10.9 Å². The van der Waals surface area contributed by atoms with E-state index in [9.17, 15) is 13.2 Å². The first kappa shape index (κ1) is 19.9. The Kier molecular flexibility index (Phi) is 6.39. The van der Waals surface area contributed by atoms with Crippen molar-refractivity contribution >= 4 is 21.7 Å². The molecule has 6 nitrogen and oxygen atoms in total. The number of benzene rings is 2. The number of carbonyl (C=O) groups excluding carboxylic acids is 1. The summed E-state index contributed by atoms with van der Waals surface area (Å²) in [6.07, 6.45) is 0. The molecule has 2 aromatic rings. The van der Waals surface area contributed by atoms with Crippen LogP contribution in [0.1, 0.15) is 25.5 Å². The molecule has 26 heavy (non-hydrogen) atoms. The fraction of sp³-hybridized carbons (Fsp3) is 0.316. The number of nitrogens with one attached hydrogen (secondary N) is 2. The number of rotatable bonds is 6. The number of amides is 2. The first-order chi connectivity index (χ1) is 12.2. The molecule has 0 aliphatic heterocycles. The average Bonchev–Trinajstić information content (AvgIpc) is 2.60. The van der Waals surface area contributed by atoms with E-state index in [1.807, 2.05) is 44.2 Å². The molecule has 0 saturated carbocycles. The van der Waals surface area contributed by atoms with Gasteiger partial charge in [0.1, 0.15) is 0 Å². The van der Waals surface area contributed by atoms with Crippen LogP contribution in [0.5, 0.6) is 0 Å². The van der Waals surface area contributed by atoms with E-state index in [1.54, 1.807) is 12.1 Å². The lowest BCUT2D eigenvalue weighted by atomic mass is 9.96. The number of carbonyl (C=O) groups is 1. The van der Waals surface area contributed by atoms with Crippen LogP contribution in [-0.2, 0) is 10.0 Å². The van der Waals surface area contributed by atoms with Gasteiger partial charge < -0.3 is 10.6 Å². The predicted octanol–water partition coefficient (Wildman–Crippen LogP) is 3.46. The van der Waals surface area contributed by atoms with Gasteiger partial charge in [-0.1, -0.05) is 50.2 Å². The number of anilines is 1. The summed E-state index contributed by atoms with van der Waals surface area (Å²) in [7, 11) is -0.618. The first-order valence-electron chi connectivity index (χ1n) is 8.37. The third-order valence-electron chi connectivity index (χ3n) is 3.98. The molecule has 0 heterocycles. The molecule has 0 fully saturated rings. The molecule has 0 aromatic heterocycles. The van der Waals surface area contributed by atoms with Crippen LogP contribution < -0.4 is 10.6 Å². The summed E-state index contributed by atoms with van der Waals surface area (Å²) >= 11 is 0. The lowest BCUT2D eigenvalue weighted by molar-refractivity contribution is 0.244. The Hall–Kier alpha value is -2.38. The Balaban J connectivity index is 2.15. The van der Waals surface area contributed by atoms with Crippen LogP contribution in [-0.4, -0.2) is 32.8 Å². The van der Waals surface area contributed by atoms with Crippen LogP contribution in [0, 0.1) is 5.92 Å². The van der Waals surface area contributed by atoms with Gasteiger partial charge >= 0.3 is 6.03 Å². The largest absolute Gasteiger partial charge is 0.331 e. The zero-order valence-corrected chi connectivity index (χ0v) is 16.2. The highest BCUT2D eigenvalue weighted by Crippen LogP contribution is 2.22. The molecule has 1 atom stereocenters. The van der Waals surface area contributed by atoms with E-state index < -0.39 is 10.0 Å². The third kappa shape index (κ3) is 4.83. The molecule has 0 radical (unpaired) electrons. The lowest BCUT2D eigenvalue weighted by Gasteiger charge is -2.23. The van der Waals surface area contributed by atoms with Crippen molar-refractivity contribution in [3.8, 4) is 0 Å². The molecule has 2 rings (SSSR count). The Bertz CT molecular complexity index is 849. The summed E-state index contributed by atoms with van der Waals surface area (Å²) in [5, 5.41) is 5.67. The number of urea groups is 1. The third-order valence-corrected chi connectivity index (χ3v) is 5.79. The summed E-state index contributed by atoms with van der Waals surface area (Å²) < 4.78 is 25.6. The summed E-state index contributed by atoms with van der Waals surface area (Å²) in [5.74, 6) is 0.198. The minimum absolute atomic E-state index is 0.128. The zero-order chi connectivity index (χ0) is 19.3. The summed E-state index contributed by atoms with van der Waals surface area (Å²) in [6.45, 7) is 4.06. The van der Waals surface area contributed by atoms with Gasteiger partial charge in [-0.3, -0.25) is 0 Å². The second-order valence-electron chi connectivity index (χ2n) is 6.55. The van der Waals surface area contributed by atoms with Crippen LogP contribution in [0.4, 0.5) is 10.5 Å². The van der Waals surface area contributed by atoms with Crippen LogP contribution in [0.15, 0.2) is 59.5 Å². The molecule has 0 aliphatic rings. The maximum absolute atomic E-state index is 12.4. The second kappa shape index (κ2) is 8.33. The van der Waals surface area contributed by atoms with Gasteiger partial charge in [0.25, 0.3) is 0 Å². The van der Waals surface area contributed by atoms with Gasteiger partial charge in [0.2, 0.25) is 10.0 Å². The quantitative estimate of drug-likeness (QED) is 0.812. The normalized spacial score (nSPS) is 12.8. The minimum atomic E-state index is -3.55. The fourth-order valence-electron chi connectivity index (χ4n) is 2.55. The Morgan fingerprint density at radius 1 is 1.00 bits per heavy atom. The van der Waals surface area contributed by atoms with Crippen molar-refractivity contribution in [1.82, 2.24) is 9.62 Å². The minimum Gasteiger partial charge on any atom is -0.331 e. The van der Waals surface area contributed by atoms with E-state index >= 15 is 0 Å². The van der Waals surface area contributed by atoms with Crippen molar-refractivity contribution in [3.63, 3.8) is 0 Å². The Labute approximate surface area is 155 Å². The molecular weight excluding hydrogens is 350 g/mol. The lowest BCUT2D eigenvalue weighted by Crippen LogP contribution is -2.35. The van der Waals surface area contributed by atoms with Gasteiger partial charge in [-0.05, 0) is 29.7 Å². The van der Waals surface area contributed by atoms with Crippen molar-refractivity contribution in [2.24, 2.45) is 5.92 Å². The topological polar surface area (TPSA) is 78.5 Å². The highest BCUT2D eigenvalue weighted by Gasteiger charge is 2.20. The number of hydrogen-bond acceptors (Lipinski definition) is 3. The molecule has 2 N–H and O–H groups in total. The van der Waals surface area contributed by atoms with Gasteiger partial charge in [0, 0.05) is 19.8 Å². The van der Waals surface area contributed by atoms with E-state index in [0.717, 1.165) is 9.87 Å². The molecule has 2 amide bonds. The number of hydrogen-bond donors (Lipinski definition) is 2. The smallest absolute Gasteiger partial charge is 0.319 e. The molecular formula is C19H25N3O3S. The molecule has 1 unspecified atom stereocenters. The molecule has 0 bridgehead atoms. The van der Waals surface area contributed by atoms with Gasteiger partial charge in [-0.2, -0.15) is 0 Å². The second-order valence-corrected chi connectivity index (χ2v) is 8.70. The van der Waals surface area contributed by atoms with E-state index in [4.69, 9.17) is 0 Å². The molecule has 2 aromatic carbocycles. The van der Waals surface area contributed by atoms with E-state index in [2.05, 4.69) is 10.6 Å². The molecule has 0 spiro atoms. The monoisotopic (exact) mass is 375 g/mol. The average molecular weight is 375 g/mol. The van der Waals surface area contributed by atoms with E-state index in [-0.39, 0.29) is 22.9 Å². The molecule has 0 saturated heterocycles. The van der Waals surface area contributed by atoms with Gasteiger partial charge in [-0.25, -0.2) is 17.5 Å². The zero-order valence-electron chi connectivity index (χ0n) is 15.4. The summed E-state index contributed by atoms with van der Waals surface area (Å²) in [5.41, 5.74) is 1.43. The molecule has 7 heteroatoms.